The van der Waals surface area contributed by atoms with Gasteiger partial charge in [0, 0.05) is 11.7 Å². The number of carbonyl (C=O) groups is 1. The highest BCUT2D eigenvalue weighted by molar-refractivity contribution is 7.81. The minimum atomic E-state index is -0.668. The molecule has 0 saturated carbocycles. The number of carboxylic acids is 1. The second-order valence-corrected chi connectivity index (χ2v) is 10.8. The number of rotatable bonds is 26. The van der Waals surface area contributed by atoms with E-state index >= 15 is 0 Å². The van der Waals surface area contributed by atoms with Crippen LogP contribution in [-0.2, 0) is 4.79 Å². The van der Waals surface area contributed by atoms with Gasteiger partial charge in [0.1, 0.15) is 0 Å². The summed E-state index contributed by atoms with van der Waals surface area (Å²) in [4.78, 5) is 10.4. The fourth-order valence-corrected chi connectivity index (χ4v) is 4.86. The molecule has 2 N–H and O–H groups in total. The molecule has 0 amide bonds. The molecule has 3 nitrogen and oxygen atoms in total. The molecule has 0 rings (SSSR count). The summed E-state index contributed by atoms with van der Waals surface area (Å²) in [6.07, 6.45) is 27.0. The summed E-state index contributed by atoms with van der Waals surface area (Å²) in [5.41, 5.74) is 0. The van der Waals surface area contributed by atoms with Crippen LogP contribution in [0.2, 0.25) is 0 Å². The van der Waals surface area contributed by atoms with Crippen molar-refractivity contribution in [3.8, 4) is 0 Å². The highest BCUT2D eigenvalue weighted by Crippen LogP contribution is 2.19. The van der Waals surface area contributed by atoms with Gasteiger partial charge in [-0.2, -0.15) is 25.3 Å². The molecule has 0 heterocycles. The summed E-state index contributed by atoms with van der Waals surface area (Å²) in [5.74, 6) is 0.349. The lowest BCUT2D eigenvalue weighted by atomic mass is 10.0. The van der Waals surface area contributed by atoms with Gasteiger partial charge in [0.15, 0.2) is 0 Å². The number of hydrogen-bond acceptors (Lipinski definition) is 4. The van der Waals surface area contributed by atoms with Crippen molar-refractivity contribution < 1.29 is 15.0 Å². The van der Waals surface area contributed by atoms with Crippen molar-refractivity contribution in [2.75, 3.05) is 5.75 Å². The molecule has 2 unspecified atom stereocenters. The largest absolute Gasteiger partial charge is 0.481 e. The van der Waals surface area contributed by atoms with E-state index in [0.717, 1.165) is 37.9 Å². The van der Waals surface area contributed by atoms with Crippen LogP contribution < -0.4 is 0 Å². The molecule has 0 aliphatic heterocycles. The third kappa shape index (κ3) is 24.8. The number of hydrogen-bond donors (Lipinski definition) is 4. The van der Waals surface area contributed by atoms with Crippen LogP contribution in [-0.4, -0.2) is 33.3 Å². The second-order valence-electron chi connectivity index (χ2n) is 9.65. The summed E-state index contributed by atoms with van der Waals surface area (Å²) < 4.78 is 0. The van der Waals surface area contributed by atoms with Crippen LogP contribution in [0, 0.1) is 0 Å². The Kier molecular flexibility index (Phi) is 25.9. The van der Waals surface area contributed by atoms with E-state index in [1.807, 2.05) is 0 Å². The smallest absolute Gasteiger partial charge is 0.303 e. The lowest BCUT2D eigenvalue weighted by Gasteiger charge is -2.18. The maximum atomic E-state index is 10.4. The summed E-state index contributed by atoms with van der Waals surface area (Å²) in [5, 5.41) is 19.1. The van der Waals surface area contributed by atoms with Crippen LogP contribution in [0.3, 0.4) is 0 Å². The minimum absolute atomic E-state index is 0.145. The number of thiol groups is 2. The maximum Gasteiger partial charge on any atom is 0.303 e. The van der Waals surface area contributed by atoms with Crippen molar-refractivity contribution in [1.82, 2.24) is 0 Å². The van der Waals surface area contributed by atoms with Gasteiger partial charge in [-0.05, 0) is 31.4 Å². The standard InChI is InChI=1S/C27H54O3S2/c28-25(21-17-13-9-7-8-12-16-20-24-31)26(32)22-18-14-10-5-3-1-2-4-6-11-15-19-23-27(29)30/h25-26,28,31-32H,1-24H2,(H,29,30). The third-order valence-electron chi connectivity index (χ3n) is 6.49. The number of carboxylic acid groups (broad SMARTS) is 1. The molecule has 2 atom stereocenters. The first-order valence-electron chi connectivity index (χ1n) is 13.8. The molecule has 192 valence electrons. The molecular formula is C27H54O3S2. The Morgan fingerprint density at radius 2 is 0.906 bits per heavy atom. The van der Waals surface area contributed by atoms with E-state index in [1.165, 1.54) is 109 Å². The van der Waals surface area contributed by atoms with Gasteiger partial charge < -0.3 is 10.2 Å². The zero-order chi connectivity index (χ0) is 23.7. The molecule has 0 fully saturated rings. The first-order valence-corrected chi connectivity index (χ1v) is 14.9. The van der Waals surface area contributed by atoms with Gasteiger partial charge in [-0.15, -0.1) is 0 Å². The molecule has 0 aromatic rings. The van der Waals surface area contributed by atoms with Gasteiger partial charge in [-0.1, -0.05) is 116 Å². The minimum Gasteiger partial charge on any atom is -0.481 e. The molecular weight excluding hydrogens is 436 g/mol. The van der Waals surface area contributed by atoms with E-state index in [4.69, 9.17) is 5.11 Å². The molecule has 5 heteroatoms. The van der Waals surface area contributed by atoms with Crippen molar-refractivity contribution in [2.45, 2.75) is 159 Å². The monoisotopic (exact) mass is 490 g/mol. The highest BCUT2D eigenvalue weighted by atomic mass is 32.1. The fourth-order valence-electron chi connectivity index (χ4n) is 4.31. The Bertz CT molecular complexity index is 393. The van der Waals surface area contributed by atoms with Crippen molar-refractivity contribution >= 4 is 31.2 Å². The number of aliphatic carboxylic acids is 1. The van der Waals surface area contributed by atoms with Gasteiger partial charge in [-0.25, -0.2) is 0 Å². The Labute approximate surface area is 210 Å². The average molecular weight is 491 g/mol. The van der Waals surface area contributed by atoms with Gasteiger partial charge >= 0.3 is 5.97 Å². The Hall–Kier alpha value is 0.130. The summed E-state index contributed by atoms with van der Waals surface area (Å²) in [6, 6.07) is 0. The normalized spacial score (nSPS) is 13.3. The Morgan fingerprint density at radius 1 is 0.562 bits per heavy atom. The lowest BCUT2D eigenvalue weighted by molar-refractivity contribution is -0.137. The van der Waals surface area contributed by atoms with Crippen molar-refractivity contribution in [1.29, 1.82) is 0 Å². The van der Waals surface area contributed by atoms with Crippen LogP contribution in [0.15, 0.2) is 0 Å². The van der Waals surface area contributed by atoms with Crippen LogP contribution in [0.1, 0.15) is 148 Å². The van der Waals surface area contributed by atoms with E-state index in [0.29, 0.717) is 6.42 Å². The van der Waals surface area contributed by atoms with E-state index in [2.05, 4.69) is 25.3 Å². The van der Waals surface area contributed by atoms with Crippen LogP contribution >= 0.6 is 25.3 Å². The van der Waals surface area contributed by atoms with Gasteiger partial charge in [0.25, 0.3) is 0 Å². The van der Waals surface area contributed by atoms with Crippen LogP contribution in [0.5, 0.6) is 0 Å². The molecule has 0 aromatic carbocycles. The number of aliphatic hydroxyl groups is 1. The fraction of sp³-hybridized carbons (Fsp3) is 0.963. The van der Waals surface area contributed by atoms with Gasteiger partial charge in [0.2, 0.25) is 0 Å². The van der Waals surface area contributed by atoms with E-state index in [9.17, 15) is 9.90 Å². The van der Waals surface area contributed by atoms with E-state index in [1.54, 1.807) is 0 Å². The molecule has 0 spiro atoms. The predicted molar refractivity (Wildman–Crippen MR) is 146 cm³/mol. The topological polar surface area (TPSA) is 57.5 Å². The zero-order valence-corrected chi connectivity index (χ0v) is 22.6. The zero-order valence-electron chi connectivity index (χ0n) is 20.8. The summed E-state index contributed by atoms with van der Waals surface area (Å²) in [6.45, 7) is 0. The van der Waals surface area contributed by atoms with Crippen LogP contribution in [0.4, 0.5) is 0 Å². The molecule has 0 aliphatic rings. The quantitative estimate of drug-likeness (QED) is 0.0725. The molecule has 0 aliphatic carbocycles. The number of unbranched alkanes of at least 4 members (excludes halogenated alkanes) is 18. The molecule has 0 bridgehead atoms. The van der Waals surface area contributed by atoms with E-state index < -0.39 is 5.97 Å². The van der Waals surface area contributed by atoms with Crippen molar-refractivity contribution in [3.63, 3.8) is 0 Å². The molecule has 32 heavy (non-hydrogen) atoms. The van der Waals surface area contributed by atoms with Crippen LogP contribution in [0.25, 0.3) is 0 Å². The average Bonchev–Trinajstić information content (AvgIpc) is 2.77. The number of aliphatic hydroxyl groups excluding tert-OH is 1. The van der Waals surface area contributed by atoms with Crippen molar-refractivity contribution in [3.05, 3.63) is 0 Å². The molecule has 0 radical (unpaired) electrons. The second kappa shape index (κ2) is 25.7. The lowest BCUT2D eigenvalue weighted by Crippen LogP contribution is -2.20. The first kappa shape index (κ1) is 32.1. The van der Waals surface area contributed by atoms with Gasteiger partial charge in [-0.3, -0.25) is 4.79 Å². The SMILES string of the molecule is O=C(O)CCCCCCCCCCCCCCC(S)C(O)CCCCCCCCCCS. The molecule has 0 aromatic heterocycles. The predicted octanol–water partition coefficient (Wildman–Crippen LogP) is 8.63. The molecule has 0 saturated heterocycles. The Balaban J connectivity index is 3.29. The van der Waals surface area contributed by atoms with Crippen molar-refractivity contribution in [2.24, 2.45) is 0 Å². The summed E-state index contributed by atoms with van der Waals surface area (Å²) in [7, 11) is 0. The highest BCUT2D eigenvalue weighted by Gasteiger charge is 2.14. The Morgan fingerprint density at radius 3 is 1.31 bits per heavy atom. The summed E-state index contributed by atoms with van der Waals surface area (Å²) >= 11 is 8.90. The third-order valence-corrected chi connectivity index (χ3v) is 7.41. The van der Waals surface area contributed by atoms with E-state index in [-0.39, 0.29) is 11.4 Å². The van der Waals surface area contributed by atoms with Gasteiger partial charge in [0.05, 0.1) is 6.10 Å². The maximum absolute atomic E-state index is 10.4. The first-order chi connectivity index (χ1) is 15.6.